The molecule has 2 rings (SSSR count). The van der Waals surface area contributed by atoms with Crippen LogP contribution in [0.3, 0.4) is 0 Å². The summed E-state index contributed by atoms with van der Waals surface area (Å²) in [5, 5.41) is 9.57. The third-order valence-corrected chi connectivity index (χ3v) is 3.62. The first-order valence-electron chi connectivity index (χ1n) is 5.48. The fourth-order valence-corrected chi connectivity index (χ4v) is 2.57. The Bertz CT molecular complexity index is 526. The van der Waals surface area contributed by atoms with Gasteiger partial charge in [-0.05, 0) is 5.92 Å². The maximum absolute atomic E-state index is 6.13. The monoisotopic (exact) mass is 251 g/mol. The first-order valence-corrected chi connectivity index (χ1v) is 6.29. The fraction of sp³-hybridized carbons (Fsp3) is 0.455. The van der Waals surface area contributed by atoms with Crippen LogP contribution >= 0.6 is 11.8 Å². The van der Waals surface area contributed by atoms with Crippen molar-refractivity contribution in [1.29, 1.82) is 0 Å². The molecule has 0 fully saturated rings. The molecule has 2 aromatic rings. The average Bonchev–Trinajstić information content (AvgIpc) is 2.77. The highest BCUT2D eigenvalue weighted by atomic mass is 32.2. The van der Waals surface area contributed by atoms with Crippen molar-refractivity contribution in [2.45, 2.75) is 29.7 Å². The van der Waals surface area contributed by atoms with Gasteiger partial charge in [-0.25, -0.2) is 0 Å². The van der Waals surface area contributed by atoms with Crippen LogP contribution in [-0.4, -0.2) is 19.6 Å². The van der Waals surface area contributed by atoms with E-state index in [0.717, 1.165) is 21.3 Å². The number of nitrogen functional groups attached to an aromatic ring is 1. The lowest BCUT2D eigenvalue weighted by Crippen LogP contribution is -1.94. The maximum atomic E-state index is 6.13. The molecule has 6 heteroatoms. The average molecular weight is 251 g/mol. The van der Waals surface area contributed by atoms with Crippen molar-refractivity contribution >= 4 is 17.4 Å². The Morgan fingerprint density at radius 3 is 2.53 bits per heavy atom. The molecule has 0 atom stereocenters. The SMILES string of the molecule is CC(C)c1nn(C)c(Sc2cnn(C)c2)c1N. The second-order valence-corrected chi connectivity index (χ2v) is 5.40. The molecule has 0 amide bonds. The molecule has 5 nitrogen and oxygen atoms in total. The highest BCUT2D eigenvalue weighted by molar-refractivity contribution is 7.99. The van der Waals surface area contributed by atoms with Gasteiger partial charge >= 0.3 is 0 Å². The topological polar surface area (TPSA) is 61.7 Å². The van der Waals surface area contributed by atoms with Gasteiger partial charge in [0.05, 0.1) is 22.5 Å². The molecule has 92 valence electrons. The molecule has 0 aliphatic heterocycles. The first kappa shape index (κ1) is 12.0. The molecule has 0 radical (unpaired) electrons. The van der Waals surface area contributed by atoms with Crippen LogP contribution in [0.1, 0.15) is 25.5 Å². The van der Waals surface area contributed by atoms with Crippen molar-refractivity contribution in [2.75, 3.05) is 5.73 Å². The van der Waals surface area contributed by atoms with E-state index in [9.17, 15) is 0 Å². The largest absolute Gasteiger partial charge is 0.395 e. The van der Waals surface area contributed by atoms with Crippen LogP contribution in [0.15, 0.2) is 22.3 Å². The van der Waals surface area contributed by atoms with Crippen molar-refractivity contribution in [3.8, 4) is 0 Å². The molecule has 0 unspecified atom stereocenters. The van der Waals surface area contributed by atoms with Crippen molar-refractivity contribution in [3.05, 3.63) is 18.1 Å². The van der Waals surface area contributed by atoms with Crippen LogP contribution in [0.25, 0.3) is 0 Å². The van der Waals surface area contributed by atoms with Crippen LogP contribution < -0.4 is 5.73 Å². The van der Waals surface area contributed by atoms with Gasteiger partial charge < -0.3 is 5.73 Å². The van der Waals surface area contributed by atoms with Gasteiger partial charge in [0.25, 0.3) is 0 Å². The van der Waals surface area contributed by atoms with Gasteiger partial charge in [-0.1, -0.05) is 25.6 Å². The van der Waals surface area contributed by atoms with Gasteiger partial charge in [-0.3, -0.25) is 9.36 Å². The van der Waals surface area contributed by atoms with Crippen molar-refractivity contribution < 1.29 is 0 Å². The normalized spacial score (nSPS) is 11.4. The highest BCUT2D eigenvalue weighted by Crippen LogP contribution is 2.35. The predicted molar refractivity (Wildman–Crippen MR) is 69.0 cm³/mol. The third kappa shape index (κ3) is 2.31. The zero-order chi connectivity index (χ0) is 12.6. The van der Waals surface area contributed by atoms with Gasteiger partial charge in [0.1, 0.15) is 5.03 Å². The molecule has 0 aromatic carbocycles. The summed E-state index contributed by atoms with van der Waals surface area (Å²) in [6.45, 7) is 4.19. The second-order valence-electron chi connectivity index (χ2n) is 4.33. The minimum Gasteiger partial charge on any atom is -0.395 e. The number of rotatable bonds is 3. The molecule has 17 heavy (non-hydrogen) atoms. The maximum Gasteiger partial charge on any atom is 0.122 e. The van der Waals surface area contributed by atoms with E-state index in [1.165, 1.54) is 0 Å². The Labute approximate surface area is 105 Å². The number of hydrogen-bond donors (Lipinski definition) is 1. The fourth-order valence-electron chi connectivity index (χ4n) is 1.66. The molecule has 2 N–H and O–H groups in total. The van der Waals surface area contributed by atoms with E-state index in [1.807, 2.05) is 31.2 Å². The molecule has 2 heterocycles. The Balaban J connectivity index is 2.33. The second kappa shape index (κ2) is 4.44. The lowest BCUT2D eigenvalue weighted by Gasteiger charge is -2.01. The minimum atomic E-state index is 0.337. The summed E-state index contributed by atoms with van der Waals surface area (Å²) >= 11 is 1.59. The van der Waals surface area contributed by atoms with E-state index in [0.29, 0.717) is 5.92 Å². The van der Waals surface area contributed by atoms with Gasteiger partial charge in [0, 0.05) is 20.3 Å². The zero-order valence-electron chi connectivity index (χ0n) is 10.5. The number of aryl methyl sites for hydroxylation is 2. The van der Waals surface area contributed by atoms with E-state index in [1.54, 1.807) is 16.4 Å². The number of hydrogen-bond acceptors (Lipinski definition) is 4. The Kier molecular flexibility index (Phi) is 3.15. The van der Waals surface area contributed by atoms with Crippen LogP contribution in [0, 0.1) is 0 Å². The lowest BCUT2D eigenvalue weighted by molar-refractivity contribution is 0.671. The van der Waals surface area contributed by atoms with Crippen LogP contribution in [0.4, 0.5) is 5.69 Å². The van der Waals surface area contributed by atoms with Crippen LogP contribution in [0.5, 0.6) is 0 Å². The molecule has 0 bridgehead atoms. The smallest absolute Gasteiger partial charge is 0.122 e. The number of aromatic nitrogens is 4. The summed E-state index contributed by atoms with van der Waals surface area (Å²) in [5.41, 5.74) is 7.86. The standard InChI is InChI=1S/C11H17N5S/c1-7(2)10-9(12)11(16(4)14-10)17-8-5-13-15(3)6-8/h5-7H,12H2,1-4H3. The van der Waals surface area contributed by atoms with Crippen LogP contribution in [0.2, 0.25) is 0 Å². The summed E-state index contributed by atoms with van der Waals surface area (Å²) in [6, 6.07) is 0. The summed E-state index contributed by atoms with van der Waals surface area (Å²) < 4.78 is 3.61. The van der Waals surface area contributed by atoms with Gasteiger partial charge in [0.2, 0.25) is 0 Å². The van der Waals surface area contributed by atoms with Crippen molar-refractivity contribution in [1.82, 2.24) is 19.6 Å². The summed E-state index contributed by atoms with van der Waals surface area (Å²) in [6.07, 6.45) is 3.79. The van der Waals surface area contributed by atoms with E-state index in [2.05, 4.69) is 24.0 Å². The molecule has 0 spiro atoms. The van der Waals surface area contributed by atoms with Gasteiger partial charge in [-0.15, -0.1) is 0 Å². The Hall–Kier alpha value is -1.43. The number of nitrogens with zero attached hydrogens (tertiary/aromatic N) is 4. The molecule has 0 saturated carbocycles. The Morgan fingerprint density at radius 2 is 2.06 bits per heavy atom. The molecule has 0 saturated heterocycles. The molecule has 0 aliphatic rings. The van der Waals surface area contributed by atoms with E-state index < -0.39 is 0 Å². The van der Waals surface area contributed by atoms with Gasteiger partial charge in [-0.2, -0.15) is 10.2 Å². The Morgan fingerprint density at radius 1 is 1.35 bits per heavy atom. The minimum absolute atomic E-state index is 0.337. The third-order valence-electron chi connectivity index (χ3n) is 2.50. The number of nitrogens with two attached hydrogens (primary N) is 1. The summed E-state index contributed by atoms with van der Waals surface area (Å²) in [7, 11) is 3.82. The lowest BCUT2D eigenvalue weighted by atomic mass is 10.1. The predicted octanol–water partition coefficient (Wildman–Crippen LogP) is 2.01. The van der Waals surface area contributed by atoms with E-state index >= 15 is 0 Å². The van der Waals surface area contributed by atoms with Crippen molar-refractivity contribution in [2.24, 2.45) is 14.1 Å². The van der Waals surface area contributed by atoms with E-state index in [4.69, 9.17) is 5.73 Å². The summed E-state index contributed by atoms with van der Waals surface area (Å²) in [5.74, 6) is 0.337. The van der Waals surface area contributed by atoms with Crippen molar-refractivity contribution in [3.63, 3.8) is 0 Å². The number of anilines is 1. The molecular weight excluding hydrogens is 234 g/mol. The van der Waals surface area contributed by atoms with Gasteiger partial charge in [0.15, 0.2) is 0 Å². The first-order chi connectivity index (χ1) is 7.99. The molecular formula is C11H17N5S. The van der Waals surface area contributed by atoms with Crippen LogP contribution in [-0.2, 0) is 14.1 Å². The quantitative estimate of drug-likeness (QED) is 0.906. The highest BCUT2D eigenvalue weighted by Gasteiger charge is 2.17. The zero-order valence-corrected chi connectivity index (χ0v) is 11.3. The van der Waals surface area contributed by atoms with E-state index in [-0.39, 0.29) is 0 Å². The molecule has 0 aliphatic carbocycles. The molecule has 2 aromatic heterocycles. The summed E-state index contributed by atoms with van der Waals surface area (Å²) in [4.78, 5) is 1.07.